The number of hydrogen-bond donors (Lipinski definition) is 0. The Hall–Kier alpha value is -2.40. The minimum absolute atomic E-state index is 0.0553. The highest BCUT2D eigenvalue weighted by atomic mass is 16.6. The van der Waals surface area contributed by atoms with Crippen LogP contribution in [-0.4, -0.2) is 37.9 Å². The highest BCUT2D eigenvalue weighted by Crippen LogP contribution is 2.11. The van der Waals surface area contributed by atoms with Crippen LogP contribution in [0.5, 0.6) is 0 Å². The molecule has 0 saturated heterocycles. The Morgan fingerprint density at radius 1 is 0.500 bits per heavy atom. The summed E-state index contributed by atoms with van der Waals surface area (Å²) in [5.74, 6) is -0.479. The number of rotatable bonds is 33. The number of esters is 2. The molecule has 0 aliphatic heterocycles. The fraction of sp³-hybridized carbons (Fsp3) is 0.707. The lowest BCUT2D eigenvalue weighted by Crippen LogP contribution is -2.30. The molecule has 0 aliphatic carbocycles. The number of hydrogen-bond acceptors (Lipinski definition) is 5. The maximum Gasteiger partial charge on any atom is 0.306 e. The van der Waals surface area contributed by atoms with Gasteiger partial charge in [-0.15, -0.1) is 0 Å². The van der Waals surface area contributed by atoms with Crippen LogP contribution in [0, 0.1) is 0 Å². The smallest absolute Gasteiger partial charge is 0.306 e. The van der Waals surface area contributed by atoms with E-state index in [1.807, 2.05) is 0 Å². The first-order chi connectivity index (χ1) is 22.6. The average Bonchev–Trinajstić information content (AvgIpc) is 3.05. The summed E-state index contributed by atoms with van der Waals surface area (Å²) in [4.78, 5) is 24.8. The Balaban J connectivity index is 4.22. The molecule has 5 heteroatoms. The molecule has 0 amide bonds. The molecule has 0 rings (SSSR count). The molecule has 0 heterocycles. The first-order valence-electron chi connectivity index (χ1n) is 18.8. The van der Waals surface area contributed by atoms with Crippen LogP contribution in [0.3, 0.4) is 0 Å². The van der Waals surface area contributed by atoms with Crippen molar-refractivity contribution < 1.29 is 23.8 Å². The predicted molar refractivity (Wildman–Crippen MR) is 196 cm³/mol. The van der Waals surface area contributed by atoms with Gasteiger partial charge >= 0.3 is 11.9 Å². The normalized spacial score (nSPS) is 12.8. The van der Waals surface area contributed by atoms with Gasteiger partial charge in [0.15, 0.2) is 6.10 Å². The Bertz CT molecular complexity index is 823. The van der Waals surface area contributed by atoms with E-state index in [2.05, 4.69) is 81.5 Å². The highest BCUT2D eigenvalue weighted by molar-refractivity contribution is 5.70. The number of carbonyl (C=O) groups excluding carboxylic acids is 2. The molecule has 0 radical (unpaired) electrons. The van der Waals surface area contributed by atoms with Crippen molar-refractivity contribution in [2.45, 2.75) is 168 Å². The molecular formula is C41H70O5. The second kappa shape index (κ2) is 37.1. The van der Waals surface area contributed by atoms with E-state index in [1.54, 1.807) is 0 Å². The summed E-state index contributed by atoms with van der Waals surface area (Å²) in [5, 5.41) is 0. The molecule has 0 aromatic rings. The Morgan fingerprint density at radius 3 is 1.54 bits per heavy atom. The van der Waals surface area contributed by atoms with Gasteiger partial charge in [-0.1, -0.05) is 152 Å². The van der Waals surface area contributed by atoms with Gasteiger partial charge in [0, 0.05) is 19.4 Å². The second-order valence-corrected chi connectivity index (χ2v) is 12.1. The Labute approximate surface area is 284 Å². The molecule has 0 aliphatic rings. The average molecular weight is 643 g/mol. The predicted octanol–water partition coefficient (Wildman–Crippen LogP) is 11.9. The third-order valence-corrected chi connectivity index (χ3v) is 7.57. The minimum Gasteiger partial charge on any atom is -0.462 e. The van der Waals surface area contributed by atoms with Crippen molar-refractivity contribution in [1.82, 2.24) is 0 Å². The zero-order valence-corrected chi connectivity index (χ0v) is 30.1. The maximum absolute atomic E-state index is 12.5. The summed E-state index contributed by atoms with van der Waals surface area (Å²) in [6, 6.07) is 0. The van der Waals surface area contributed by atoms with E-state index in [-0.39, 0.29) is 25.2 Å². The molecule has 0 aromatic carbocycles. The van der Waals surface area contributed by atoms with Gasteiger partial charge in [0.1, 0.15) is 6.61 Å². The van der Waals surface area contributed by atoms with Crippen LogP contribution in [0.25, 0.3) is 0 Å². The van der Waals surface area contributed by atoms with E-state index in [9.17, 15) is 9.59 Å². The topological polar surface area (TPSA) is 61.8 Å². The van der Waals surface area contributed by atoms with E-state index in [1.165, 1.54) is 51.4 Å². The third kappa shape index (κ3) is 34.5. The van der Waals surface area contributed by atoms with Crippen LogP contribution >= 0.6 is 0 Å². The number of ether oxygens (including phenoxy) is 3. The van der Waals surface area contributed by atoms with Crippen molar-refractivity contribution >= 4 is 11.9 Å². The molecule has 46 heavy (non-hydrogen) atoms. The third-order valence-electron chi connectivity index (χ3n) is 7.57. The van der Waals surface area contributed by atoms with Crippen LogP contribution in [0.15, 0.2) is 60.8 Å². The molecule has 5 nitrogen and oxygen atoms in total. The molecule has 0 N–H and O–H groups in total. The first-order valence-corrected chi connectivity index (χ1v) is 18.8. The van der Waals surface area contributed by atoms with Gasteiger partial charge in [-0.25, -0.2) is 0 Å². The lowest BCUT2D eigenvalue weighted by molar-refractivity contribution is -0.163. The Morgan fingerprint density at radius 2 is 0.978 bits per heavy atom. The number of carbonyl (C=O) groups is 2. The molecular weight excluding hydrogens is 572 g/mol. The Kier molecular flexibility index (Phi) is 35.1. The summed E-state index contributed by atoms with van der Waals surface area (Å²) in [6.45, 7) is 7.55. The molecule has 0 spiro atoms. The van der Waals surface area contributed by atoms with Crippen molar-refractivity contribution in [1.29, 1.82) is 0 Å². The SMILES string of the molecule is CC/C=C\C/C=C\C/C=C\C/C=C\C/C=C\CCCC(=O)OCC(COCCCCCCCC)OC(=O)CCCCCCCCC. The zero-order chi connectivity index (χ0) is 33.6. The molecule has 264 valence electrons. The van der Waals surface area contributed by atoms with Crippen molar-refractivity contribution in [3.8, 4) is 0 Å². The lowest BCUT2D eigenvalue weighted by Gasteiger charge is -2.18. The number of allylic oxidation sites excluding steroid dienone is 10. The van der Waals surface area contributed by atoms with E-state index in [0.717, 1.165) is 77.0 Å². The maximum atomic E-state index is 12.5. The van der Waals surface area contributed by atoms with Crippen molar-refractivity contribution in [2.75, 3.05) is 19.8 Å². The van der Waals surface area contributed by atoms with Gasteiger partial charge in [0.2, 0.25) is 0 Å². The van der Waals surface area contributed by atoms with E-state index >= 15 is 0 Å². The first kappa shape index (κ1) is 43.6. The number of unbranched alkanes of at least 4 members (excludes halogenated alkanes) is 12. The monoisotopic (exact) mass is 643 g/mol. The molecule has 0 bridgehead atoms. The summed E-state index contributed by atoms with van der Waals surface area (Å²) in [5.41, 5.74) is 0. The van der Waals surface area contributed by atoms with Crippen LogP contribution in [-0.2, 0) is 23.8 Å². The van der Waals surface area contributed by atoms with Gasteiger partial charge < -0.3 is 14.2 Å². The summed E-state index contributed by atoms with van der Waals surface area (Å²) < 4.78 is 17.0. The van der Waals surface area contributed by atoms with Crippen molar-refractivity contribution in [3.05, 3.63) is 60.8 Å². The summed E-state index contributed by atoms with van der Waals surface area (Å²) >= 11 is 0. The lowest BCUT2D eigenvalue weighted by atomic mass is 10.1. The van der Waals surface area contributed by atoms with Crippen LogP contribution < -0.4 is 0 Å². The van der Waals surface area contributed by atoms with Gasteiger partial charge in [-0.3, -0.25) is 9.59 Å². The molecule has 0 fully saturated rings. The van der Waals surface area contributed by atoms with Crippen molar-refractivity contribution in [3.63, 3.8) is 0 Å². The molecule has 0 aromatic heterocycles. The van der Waals surface area contributed by atoms with Gasteiger partial charge in [0.05, 0.1) is 6.61 Å². The van der Waals surface area contributed by atoms with E-state index < -0.39 is 6.10 Å². The van der Waals surface area contributed by atoms with Crippen molar-refractivity contribution in [2.24, 2.45) is 0 Å². The van der Waals surface area contributed by atoms with Crippen LogP contribution in [0.1, 0.15) is 162 Å². The van der Waals surface area contributed by atoms with Crippen LogP contribution in [0.4, 0.5) is 0 Å². The van der Waals surface area contributed by atoms with Gasteiger partial charge in [0.25, 0.3) is 0 Å². The zero-order valence-electron chi connectivity index (χ0n) is 30.1. The van der Waals surface area contributed by atoms with Gasteiger partial charge in [-0.2, -0.15) is 0 Å². The molecule has 1 atom stereocenters. The molecule has 1 unspecified atom stereocenters. The summed E-state index contributed by atoms with van der Waals surface area (Å²) in [7, 11) is 0. The minimum atomic E-state index is -0.549. The quantitative estimate of drug-likeness (QED) is 0.0405. The second-order valence-electron chi connectivity index (χ2n) is 12.1. The largest absolute Gasteiger partial charge is 0.462 e. The highest BCUT2D eigenvalue weighted by Gasteiger charge is 2.17. The van der Waals surface area contributed by atoms with E-state index in [0.29, 0.717) is 19.4 Å². The molecule has 0 saturated carbocycles. The fourth-order valence-corrected chi connectivity index (χ4v) is 4.78. The summed E-state index contributed by atoms with van der Waals surface area (Å²) in [6.07, 6.45) is 43.8. The van der Waals surface area contributed by atoms with Gasteiger partial charge in [-0.05, 0) is 57.8 Å². The van der Waals surface area contributed by atoms with E-state index in [4.69, 9.17) is 14.2 Å². The standard InChI is InChI=1S/C41H70O5/c1-4-7-10-13-16-17-18-19-20-21-22-23-24-25-27-28-31-34-40(42)45-38-39(37-44-36-33-30-15-12-9-6-3)46-41(43)35-32-29-26-14-11-8-5-2/h7,10,16-17,19-20,22-23,25,27,39H,4-6,8-9,11-15,18,21,24,26,28-38H2,1-3H3/b10-7-,17-16-,20-19-,23-22-,27-25-. The van der Waals surface area contributed by atoms with Crippen LogP contribution in [0.2, 0.25) is 0 Å². The fourth-order valence-electron chi connectivity index (χ4n) is 4.78.